The van der Waals surface area contributed by atoms with Crippen molar-refractivity contribution in [3.63, 3.8) is 0 Å². The first-order chi connectivity index (χ1) is 14.4. The van der Waals surface area contributed by atoms with Crippen LogP contribution in [0.25, 0.3) is 10.6 Å². The number of aryl methyl sites for hydroxylation is 3. The minimum atomic E-state index is 0.750. The third-order valence-corrected chi connectivity index (χ3v) is 6.49. The van der Waals surface area contributed by atoms with Gasteiger partial charge in [0.1, 0.15) is 16.6 Å². The zero-order chi connectivity index (χ0) is 21.3. The molecule has 5 nitrogen and oxygen atoms in total. The average molecular weight is 480 g/mol. The van der Waals surface area contributed by atoms with Crippen molar-refractivity contribution in [2.75, 3.05) is 11.9 Å². The van der Waals surface area contributed by atoms with E-state index in [4.69, 9.17) is 4.98 Å². The van der Waals surface area contributed by atoms with Gasteiger partial charge >= 0.3 is 0 Å². The topological polar surface area (TPSA) is 54.8 Å². The summed E-state index contributed by atoms with van der Waals surface area (Å²) in [5, 5.41) is 10.5. The first-order valence-corrected chi connectivity index (χ1v) is 11.2. The van der Waals surface area contributed by atoms with E-state index in [0.29, 0.717) is 0 Å². The number of anilines is 2. The van der Waals surface area contributed by atoms with Gasteiger partial charge in [-0.15, -0.1) is 10.2 Å². The Hall–Kier alpha value is -2.64. The predicted molar refractivity (Wildman–Crippen MR) is 127 cm³/mol. The maximum absolute atomic E-state index is 4.77. The molecule has 2 aromatic carbocycles. The highest BCUT2D eigenvalue weighted by Crippen LogP contribution is 2.34. The van der Waals surface area contributed by atoms with Crippen LogP contribution in [0, 0.1) is 20.8 Å². The van der Waals surface area contributed by atoms with Gasteiger partial charge in [0.2, 0.25) is 5.13 Å². The van der Waals surface area contributed by atoms with Gasteiger partial charge in [0, 0.05) is 34.8 Å². The molecule has 7 heteroatoms. The molecule has 152 valence electrons. The second-order valence-electron chi connectivity index (χ2n) is 7.28. The quantitative estimate of drug-likeness (QED) is 0.349. The number of aromatic nitrogens is 4. The van der Waals surface area contributed by atoms with Crippen molar-refractivity contribution in [1.82, 2.24) is 20.2 Å². The highest BCUT2D eigenvalue weighted by Gasteiger charge is 2.19. The summed E-state index contributed by atoms with van der Waals surface area (Å²) in [6, 6.07) is 16.7. The Labute approximate surface area is 189 Å². The molecular formula is C23H22BrN5S. The maximum Gasteiger partial charge on any atom is 0.213 e. The molecule has 0 fully saturated rings. The lowest BCUT2D eigenvalue weighted by molar-refractivity contribution is 0.926. The average Bonchev–Trinajstić information content (AvgIpc) is 3.21. The van der Waals surface area contributed by atoms with Gasteiger partial charge < -0.3 is 4.90 Å². The molecule has 0 saturated carbocycles. The van der Waals surface area contributed by atoms with Gasteiger partial charge in [-0.2, -0.15) is 0 Å². The molecule has 30 heavy (non-hydrogen) atoms. The molecule has 4 rings (SSSR count). The number of hydrogen-bond acceptors (Lipinski definition) is 6. The van der Waals surface area contributed by atoms with Crippen molar-refractivity contribution in [2.45, 2.75) is 27.2 Å². The van der Waals surface area contributed by atoms with Crippen LogP contribution in [-0.4, -0.2) is 27.2 Å². The van der Waals surface area contributed by atoms with Gasteiger partial charge in [-0.05, 0) is 38.5 Å². The van der Waals surface area contributed by atoms with Gasteiger partial charge in [-0.25, -0.2) is 9.97 Å². The molecule has 0 unspecified atom stereocenters. The van der Waals surface area contributed by atoms with Crippen LogP contribution in [0.5, 0.6) is 0 Å². The molecule has 0 aliphatic rings. The molecule has 0 N–H and O–H groups in total. The fourth-order valence-electron chi connectivity index (χ4n) is 3.26. The van der Waals surface area contributed by atoms with Crippen molar-refractivity contribution in [3.05, 3.63) is 81.2 Å². The zero-order valence-corrected chi connectivity index (χ0v) is 19.8. The largest absolute Gasteiger partial charge is 0.304 e. The van der Waals surface area contributed by atoms with Crippen LogP contribution in [0.3, 0.4) is 0 Å². The van der Waals surface area contributed by atoms with Crippen molar-refractivity contribution in [2.24, 2.45) is 0 Å². The van der Waals surface area contributed by atoms with Crippen LogP contribution in [0.2, 0.25) is 0 Å². The number of benzene rings is 2. The minimum absolute atomic E-state index is 0.750. The lowest BCUT2D eigenvalue weighted by atomic mass is 10.0. The van der Waals surface area contributed by atoms with E-state index >= 15 is 0 Å². The number of rotatable bonds is 5. The highest BCUT2D eigenvalue weighted by atomic mass is 79.9. The van der Waals surface area contributed by atoms with Crippen LogP contribution in [0.1, 0.15) is 28.2 Å². The van der Waals surface area contributed by atoms with Crippen LogP contribution in [-0.2, 0) is 6.42 Å². The van der Waals surface area contributed by atoms with E-state index in [9.17, 15) is 0 Å². The number of halogens is 1. The van der Waals surface area contributed by atoms with E-state index in [0.717, 1.165) is 49.5 Å². The Balaban J connectivity index is 1.69. The molecule has 0 spiro atoms. The minimum Gasteiger partial charge on any atom is -0.304 e. The summed E-state index contributed by atoms with van der Waals surface area (Å²) in [6.07, 6.45) is 0.768. The Morgan fingerprint density at radius 2 is 1.60 bits per heavy atom. The molecule has 2 heterocycles. The number of nitrogens with zero attached hydrogens (tertiary/aromatic N) is 5. The normalized spacial score (nSPS) is 11.0. The smallest absolute Gasteiger partial charge is 0.213 e. The summed E-state index contributed by atoms with van der Waals surface area (Å²) >= 11 is 5.03. The lowest BCUT2D eigenvalue weighted by Gasteiger charge is -2.20. The fraction of sp³-hybridized carbons (Fsp3) is 0.217. The first kappa shape index (κ1) is 20.6. The Morgan fingerprint density at radius 1 is 0.900 bits per heavy atom. The molecule has 0 radical (unpaired) electrons. The standard InChI is InChI=1S/C23H22BrN5S/c1-14-5-7-17(8-6-14)13-20-15(2)25-16(3)26-21(20)29(4)23-28-27-22(30-23)18-9-11-19(24)12-10-18/h5-12H,13H2,1-4H3. The van der Waals surface area contributed by atoms with E-state index < -0.39 is 0 Å². The summed E-state index contributed by atoms with van der Waals surface area (Å²) < 4.78 is 1.04. The zero-order valence-electron chi connectivity index (χ0n) is 17.3. The Morgan fingerprint density at radius 3 is 2.30 bits per heavy atom. The second kappa shape index (κ2) is 8.62. The van der Waals surface area contributed by atoms with Crippen molar-refractivity contribution in [1.29, 1.82) is 0 Å². The van der Waals surface area contributed by atoms with Crippen LogP contribution in [0.4, 0.5) is 10.9 Å². The van der Waals surface area contributed by atoms with E-state index in [1.54, 1.807) is 11.3 Å². The molecular weight excluding hydrogens is 458 g/mol. The van der Waals surface area contributed by atoms with Crippen molar-refractivity contribution >= 4 is 38.2 Å². The van der Waals surface area contributed by atoms with E-state index in [1.165, 1.54) is 11.1 Å². The van der Waals surface area contributed by atoms with Gasteiger partial charge in [-0.1, -0.05) is 69.2 Å². The van der Waals surface area contributed by atoms with E-state index in [1.807, 2.05) is 50.1 Å². The Bertz CT molecular complexity index is 1170. The summed E-state index contributed by atoms with van der Waals surface area (Å²) in [6.45, 7) is 6.07. The highest BCUT2D eigenvalue weighted by molar-refractivity contribution is 9.10. The fourth-order valence-corrected chi connectivity index (χ4v) is 4.34. The van der Waals surface area contributed by atoms with Crippen LogP contribution < -0.4 is 4.90 Å². The maximum atomic E-state index is 4.77. The molecule has 0 aliphatic heterocycles. The molecule has 0 atom stereocenters. The summed E-state index contributed by atoms with van der Waals surface area (Å²) in [5.74, 6) is 1.62. The lowest BCUT2D eigenvalue weighted by Crippen LogP contribution is -2.16. The predicted octanol–water partition coefficient (Wildman–Crippen LogP) is 6.04. The Kier molecular flexibility index (Phi) is 5.92. The van der Waals surface area contributed by atoms with Crippen molar-refractivity contribution in [3.8, 4) is 10.6 Å². The summed E-state index contributed by atoms with van der Waals surface area (Å²) in [5.41, 5.74) is 5.63. The monoisotopic (exact) mass is 479 g/mol. The van der Waals surface area contributed by atoms with Crippen molar-refractivity contribution < 1.29 is 0 Å². The third kappa shape index (κ3) is 4.42. The van der Waals surface area contributed by atoms with Gasteiger partial charge in [0.25, 0.3) is 0 Å². The third-order valence-electron chi connectivity index (χ3n) is 4.92. The second-order valence-corrected chi connectivity index (χ2v) is 9.15. The van der Waals surface area contributed by atoms with E-state index in [-0.39, 0.29) is 0 Å². The van der Waals surface area contributed by atoms with Gasteiger partial charge in [-0.3, -0.25) is 0 Å². The molecule has 0 saturated heterocycles. The van der Waals surface area contributed by atoms with Gasteiger partial charge in [0.05, 0.1) is 0 Å². The molecule has 0 aliphatic carbocycles. The first-order valence-electron chi connectivity index (χ1n) is 9.63. The molecule has 0 bridgehead atoms. The van der Waals surface area contributed by atoms with Gasteiger partial charge in [0.15, 0.2) is 0 Å². The summed E-state index contributed by atoms with van der Waals surface area (Å²) in [4.78, 5) is 11.4. The summed E-state index contributed by atoms with van der Waals surface area (Å²) in [7, 11) is 1.99. The SMILES string of the molecule is Cc1ccc(Cc2c(C)nc(C)nc2N(C)c2nnc(-c3ccc(Br)cc3)s2)cc1. The molecule has 0 amide bonds. The number of hydrogen-bond donors (Lipinski definition) is 0. The van der Waals surface area contributed by atoms with Crippen LogP contribution >= 0.6 is 27.3 Å². The molecule has 2 aromatic heterocycles. The van der Waals surface area contributed by atoms with E-state index in [2.05, 4.69) is 62.3 Å². The molecule has 4 aromatic rings. The van der Waals surface area contributed by atoms with Crippen LogP contribution in [0.15, 0.2) is 53.0 Å².